The second-order valence-electron chi connectivity index (χ2n) is 9.22. The molecule has 4 rings (SSSR count). The van der Waals surface area contributed by atoms with Gasteiger partial charge in [-0.2, -0.15) is 13.2 Å². The van der Waals surface area contributed by atoms with E-state index in [0.29, 0.717) is 61.7 Å². The van der Waals surface area contributed by atoms with Crippen LogP contribution in [0.3, 0.4) is 0 Å². The summed E-state index contributed by atoms with van der Waals surface area (Å²) in [6.45, 7) is 1.52. The number of nitrogens with zero attached hydrogens (tertiary/aromatic N) is 3. The van der Waals surface area contributed by atoms with Crippen LogP contribution in [0.2, 0.25) is 15.1 Å². The van der Waals surface area contributed by atoms with Gasteiger partial charge in [0.2, 0.25) is 0 Å². The van der Waals surface area contributed by atoms with Crippen molar-refractivity contribution in [1.29, 1.82) is 0 Å². The molecular formula is C25H25Cl3F4N4O. The van der Waals surface area contributed by atoms with Crippen molar-refractivity contribution in [1.82, 2.24) is 14.9 Å². The van der Waals surface area contributed by atoms with Crippen molar-refractivity contribution < 1.29 is 22.4 Å². The summed E-state index contributed by atoms with van der Waals surface area (Å²) in [7, 11) is 1.80. The number of imidazole rings is 1. The zero-order valence-corrected chi connectivity index (χ0v) is 22.4. The fraction of sp³-hybridized carbons (Fsp3) is 0.440. The monoisotopic (exact) mass is 578 g/mol. The Labute approximate surface area is 226 Å². The topological polar surface area (TPSA) is 50.2 Å². The number of amides is 1. The first-order valence-corrected chi connectivity index (χ1v) is 12.8. The van der Waals surface area contributed by atoms with Gasteiger partial charge in [0.1, 0.15) is 5.82 Å². The van der Waals surface area contributed by atoms with Crippen LogP contribution in [0, 0.1) is 5.92 Å². The minimum atomic E-state index is -4.26. The summed E-state index contributed by atoms with van der Waals surface area (Å²) in [4.78, 5) is 18.0. The van der Waals surface area contributed by atoms with Gasteiger partial charge < -0.3 is 14.8 Å². The SMILES string of the molecule is CC(F)C(=O)NCc1ccc(Cl)c(Cc2nc3cc(Cl)c(N4CCCC(C(F)(F)F)C4)cc3n2C)c1Cl. The van der Waals surface area contributed by atoms with Crippen LogP contribution in [-0.2, 0) is 24.8 Å². The van der Waals surface area contributed by atoms with E-state index >= 15 is 0 Å². The van der Waals surface area contributed by atoms with Crippen molar-refractivity contribution in [2.45, 2.75) is 45.1 Å². The van der Waals surface area contributed by atoms with Crippen molar-refractivity contribution in [3.05, 3.63) is 56.3 Å². The first kappa shape index (κ1) is 27.8. The molecule has 0 radical (unpaired) electrons. The van der Waals surface area contributed by atoms with E-state index in [4.69, 9.17) is 34.8 Å². The Morgan fingerprint density at radius 1 is 1.22 bits per heavy atom. The van der Waals surface area contributed by atoms with Crippen LogP contribution in [0.4, 0.5) is 23.2 Å². The number of halogens is 7. The van der Waals surface area contributed by atoms with Crippen LogP contribution in [0.25, 0.3) is 11.0 Å². The number of fused-ring (bicyclic) bond motifs is 1. The Balaban J connectivity index is 1.63. The maximum atomic E-state index is 13.3. The normalized spacial score (nSPS) is 17.3. The fourth-order valence-corrected chi connectivity index (χ4v) is 5.39. The zero-order chi connectivity index (χ0) is 27.1. The zero-order valence-electron chi connectivity index (χ0n) is 20.1. The number of carbonyl (C=O) groups excluding carboxylic acids is 1. The number of aryl methyl sites for hydroxylation is 1. The van der Waals surface area contributed by atoms with Gasteiger partial charge in [-0.05, 0) is 49.1 Å². The summed E-state index contributed by atoms with van der Waals surface area (Å²) in [5.74, 6) is -1.53. The van der Waals surface area contributed by atoms with Gasteiger partial charge in [0, 0.05) is 38.1 Å². The number of hydrogen-bond donors (Lipinski definition) is 1. The number of carbonyl (C=O) groups is 1. The maximum Gasteiger partial charge on any atom is 0.393 e. The molecule has 1 aliphatic rings. The van der Waals surface area contributed by atoms with E-state index < -0.39 is 24.2 Å². The van der Waals surface area contributed by atoms with Crippen molar-refractivity contribution in [3.8, 4) is 0 Å². The lowest BCUT2D eigenvalue weighted by Crippen LogP contribution is -2.41. The molecule has 1 fully saturated rings. The number of benzene rings is 2. The Kier molecular flexibility index (Phi) is 8.16. The third kappa shape index (κ3) is 5.94. The molecule has 0 bridgehead atoms. The number of aromatic nitrogens is 2. The quantitative estimate of drug-likeness (QED) is 0.324. The van der Waals surface area contributed by atoms with Gasteiger partial charge in [-0.25, -0.2) is 9.37 Å². The smallest absolute Gasteiger partial charge is 0.370 e. The molecule has 200 valence electrons. The van der Waals surface area contributed by atoms with Gasteiger partial charge in [0.25, 0.3) is 5.91 Å². The highest BCUT2D eigenvalue weighted by molar-refractivity contribution is 6.36. The van der Waals surface area contributed by atoms with E-state index in [-0.39, 0.29) is 25.9 Å². The highest BCUT2D eigenvalue weighted by Gasteiger charge is 2.42. The van der Waals surface area contributed by atoms with Crippen LogP contribution in [-0.4, -0.2) is 40.9 Å². The third-order valence-corrected chi connectivity index (χ3v) is 7.81. The third-order valence-electron chi connectivity index (χ3n) is 6.68. The lowest BCUT2D eigenvalue weighted by Gasteiger charge is -2.35. The highest BCUT2D eigenvalue weighted by Crippen LogP contribution is 2.39. The van der Waals surface area contributed by atoms with Gasteiger partial charge in [0.05, 0.1) is 32.7 Å². The molecule has 2 atom stereocenters. The predicted molar refractivity (Wildman–Crippen MR) is 138 cm³/mol. The van der Waals surface area contributed by atoms with Gasteiger partial charge in [-0.1, -0.05) is 40.9 Å². The summed E-state index contributed by atoms with van der Waals surface area (Å²) >= 11 is 19.5. The van der Waals surface area contributed by atoms with E-state index in [0.717, 1.165) is 6.92 Å². The van der Waals surface area contributed by atoms with Crippen molar-refractivity contribution in [3.63, 3.8) is 0 Å². The first-order valence-electron chi connectivity index (χ1n) is 11.7. The number of alkyl halides is 4. The maximum absolute atomic E-state index is 13.3. The lowest BCUT2D eigenvalue weighted by molar-refractivity contribution is -0.176. The number of nitrogens with one attached hydrogen (secondary N) is 1. The van der Waals surface area contributed by atoms with Gasteiger partial charge in [-0.3, -0.25) is 4.79 Å². The average molecular weight is 580 g/mol. The molecular weight excluding hydrogens is 555 g/mol. The molecule has 1 N–H and O–H groups in total. The predicted octanol–water partition coefficient (Wildman–Crippen LogP) is 6.88. The van der Waals surface area contributed by atoms with Crippen LogP contribution < -0.4 is 10.2 Å². The Morgan fingerprint density at radius 2 is 1.95 bits per heavy atom. The molecule has 1 saturated heterocycles. The fourth-order valence-electron chi connectivity index (χ4n) is 4.54. The number of piperidine rings is 1. The number of rotatable bonds is 6. The molecule has 3 aromatic rings. The highest BCUT2D eigenvalue weighted by atomic mass is 35.5. The summed E-state index contributed by atoms with van der Waals surface area (Å²) < 4.78 is 55.0. The molecule has 1 aliphatic heterocycles. The lowest BCUT2D eigenvalue weighted by atomic mass is 9.97. The molecule has 5 nitrogen and oxygen atoms in total. The first-order chi connectivity index (χ1) is 17.4. The molecule has 1 amide bonds. The van der Waals surface area contributed by atoms with E-state index in [1.807, 2.05) is 4.57 Å². The number of hydrogen-bond acceptors (Lipinski definition) is 3. The second kappa shape index (κ2) is 10.9. The standard InChI is InChI=1S/C25H25Cl3F4N4O/c1-13(29)24(37)33-11-14-5-6-17(26)16(23(14)28)8-22-34-19-9-18(27)20(10-21(19)35(22)2)36-7-3-4-15(12-36)25(30,31)32/h5-6,9-10,13,15H,3-4,7-8,11-12H2,1-2H3,(H,33,37). The minimum absolute atomic E-state index is 0.0341. The van der Waals surface area contributed by atoms with Crippen LogP contribution in [0.5, 0.6) is 0 Å². The van der Waals surface area contributed by atoms with E-state index in [9.17, 15) is 22.4 Å². The molecule has 2 heterocycles. The largest absolute Gasteiger partial charge is 0.393 e. The van der Waals surface area contributed by atoms with Gasteiger partial charge >= 0.3 is 6.18 Å². The van der Waals surface area contributed by atoms with E-state index in [2.05, 4.69) is 10.3 Å². The van der Waals surface area contributed by atoms with Crippen LogP contribution in [0.1, 0.15) is 36.7 Å². The van der Waals surface area contributed by atoms with E-state index in [1.54, 1.807) is 36.2 Å². The molecule has 0 aliphatic carbocycles. The molecule has 0 spiro atoms. The average Bonchev–Trinajstić information content (AvgIpc) is 3.13. The van der Waals surface area contributed by atoms with Crippen molar-refractivity contribution >= 4 is 57.4 Å². The molecule has 12 heteroatoms. The van der Waals surface area contributed by atoms with Crippen molar-refractivity contribution in [2.24, 2.45) is 13.0 Å². The van der Waals surface area contributed by atoms with E-state index in [1.165, 1.54) is 0 Å². The summed E-state index contributed by atoms with van der Waals surface area (Å²) in [5.41, 5.74) is 2.98. The molecule has 2 aromatic carbocycles. The van der Waals surface area contributed by atoms with Crippen molar-refractivity contribution in [2.75, 3.05) is 18.0 Å². The number of anilines is 1. The Morgan fingerprint density at radius 3 is 2.62 bits per heavy atom. The summed E-state index contributed by atoms with van der Waals surface area (Å²) in [5, 5.41) is 3.55. The molecule has 2 unspecified atom stereocenters. The Bertz CT molecular complexity index is 1330. The Hall–Kier alpha value is -2.23. The summed E-state index contributed by atoms with van der Waals surface area (Å²) in [6.07, 6.45) is -5.13. The summed E-state index contributed by atoms with van der Waals surface area (Å²) in [6, 6.07) is 6.72. The minimum Gasteiger partial charge on any atom is -0.370 e. The molecule has 37 heavy (non-hydrogen) atoms. The molecule has 1 aromatic heterocycles. The van der Waals surface area contributed by atoms with Gasteiger partial charge in [-0.15, -0.1) is 0 Å². The van der Waals surface area contributed by atoms with Crippen LogP contribution in [0.15, 0.2) is 24.3 Å². The van der Waals surface area contributed by atoms with Gasteiger partial charge in [0.15, 0.2) is 6.17 Å². The molecule has 0 saturated carbocycles. The second-order valence-corrected chi connectivity index (χ2v) is 10.4. The van der Waals surface area contributed by atoms with Crippen LogP contribution >= 0.6 is 34.8 Å².